The molecule has 0 aliphatic heterocycles. The molecule has 8 heteroatoms. The number of nitro benzene ring substituents is 1. The number of benzene rings is 2. The van der Waals surface area contributed by atoms with E-state index in [2.05, 4.69) is 4.72 Å². The number of hydrogen-bond acceptors (Lipinski definition) is 4. The van der Waals surface area contributed by atoms with Crippen LogP contribution in [0, 0.1) is 15.9 Å². The number of nitrogens with one attached hydrogen (secondary N) is 1. The van der Waals surface area contributed by atoms with Crippen LogP contribution in [-0.4, -0.2) is 13.3 Å². The highest BCUT2D eigenvalue weighted by molar-refractivity contribution is 7.92. The number of sulfonamides is 1. The van der Waals surface area contributed by atoms with Crippen molar-refractivity contribution in [3.8, 4) is 0 Å². The summed E-state index contributed by atoms with van der Waals surface area (Å²) in [5.74, 6) is -0.593. The predicted octanol–water partition coefficient (Wildman–Crippen LogP) is 4.05. The van der Waals surface area contributed by atoms with Crippen molar-refractivity contribution >= 4 is 21.4 Å². The lowest BCUT2D eigenvalue weighted by Gasteiger charge is -2.11. The molecule has 128 valence electrons. The maximum atomic E-state index is 13.7. The molecular formula is C16H17FN2O4S. The minimum absolute atomic E-state index is 0.0412. The van der Waals surface area contributed by atoms with Crippen LogP contribution in [0.25, 0.3) is 0 Å². The molecule has 0 aliphatic rings. The normalized spacial score (nSPS) is 12.6. The molecule has 0 amide bonds. The van der Waals surface area contributed by atoms with E-state index in [1.807, 2.05) is 13.8 Å². The predicted molar refractivity (Wildman–Crippen MR) is 89.0 cm³/mol. The van der Waals surface area contributed by atoms with E-state index < -0.39 is 32.1 Å². The van der Waals surface area contributed by atoms with Gasteiger partial charge in [0.15, 0.2) is 0 Å². The van der Waals surface area contributed by atoms with Crippen molar-refractivity contribution in [2.75, 3.05) is 4.72 Å². The van der Waals surface area contributed by atoms with Gasteiger partial charge in [-0.2, -0.15) is 0 Å². The molecule has 0 aromatic heterocycles. The van der Waals surface area contributed by atoms with Crippen LogP contribution in [0.4, 0.5) is 15.8 Å². The molecule has 0 saturated heterocycles. The first kappa shape index (κ1) is 17.9. The molecule has 1 atom stereocenters. The van der Waals surface area contributed by atoms with Crippen molar-refractivity contribution in [1.29, 1.82) is 0 Å². The second-order valence-electron chi connectivity index (χ2n) is 5.41. The van der Waals surface area contributed by atoms with Crippen LogP contribution in [0.3, 0.4) is 0 Å². The molecule has 0 radical (unpaired) electrons. The molecule has 0 bridgehead atoms. The minimum atomic E-state index is -4.04. The Labute approximate surface area is 139 Å². The molecule has 6 nitrogen and oxygen atoms in total. The second kappa shape index (κ2) is 6.96. The Kier molecular flexibility index (Phi) is 5.18. The summed E-state index contributed by atoms with van der Waals surface area (Å²) >= 11 is 0. The fraction of sp³-hybridized carbons (Fsp3) is 0.250. The Morgan fingerprint density at radius 2 is 1.83 bits per heavy atom. The lowest BCUT2D eigenvalue weighted by Crippen LogP contribution is -2.14. The molecular weight excluding hydrogens is 335 g/mol. The van der Waals surface area contributed by atoms with Crippen molar-refractivity contribution < 1.29 is 17.7 Å². The van der Waals surface area contributed by atoms with Crippen molar-refractivity contribution in [1.82, 2.24) is 0 Å². The number of anilines is 1. The van der Waals surface area contributed by atoms with Crippen molar-refractivity contribution in [2.45, 2.75) is 31.1 Å². The molecule has 0 heterocycles. The lowest BCUT2D eigenvalue weighted by atomic mass is 9.99. The van der Waals surface area contributed by atoms with Gasteiger partial charge in [0.25, 0.3) is 15.7 Å². The van der Waals surface area contributed by atoms with E-state index in [1.54, 1.807) is 12.1 Å². The molecule has 0 saturated carbocycles. The number of non-ortho nitro benzene ring substituents is 1. The average Bonchev–Trinajstić information content (AvgIpc) is 2.55. The van der Waals surface area contributed by atoms with Gasteiger partial charge in [-0.05, 0) is 36.1 Å². The number of rotatable bonds is 6. The third kappa shape index (κ3) is 3.88. The summed E-state index contributed by atoms with van der Waals surface area (Å²) in [6, 6.07) is 8.92. The van der Waals surface area contributed by atoms with E-state index in [1.165, 1.54) is 12.1 Å². The second-order valence-corrected chi connectivity index (χ2v) is 7.09. The molecule has 2 aromatic carbocycles. The number of nitrogens with zero attached hydrogens (tertiary/aromatic N) is 1. The van der Waals surface area contributed by atoms with Gasteiger partial charge in [-0.25, -0.2) is 12.8 Å². The van der Waals surface area contributed by atoms with Crippen LogP contribution in [-0.2, 0) is 10.0 Å². The van der Waals surface area contributed by atoms with E-state index >= 15 is 0 Å². The summed E-state index contributed by atoms with van der Waals surface area (Å²) in [6.07, 6.45) is 0.920. The smallest absolute Gasteiger partial charge is 0.271 e. The molecule has 0 aliphatic carbocycles. The SMILES string of the molecule is CC[C@H](C)c1ccc(S(=O)(=O)Nc2cc([N+](=O)[O-])ccc2F)cc1. The van der Waals surface area contributed by atoms with Gasteiger partial charge < -0.3 is 0 Å². The first-order chi connectivity index (χ1) is 11.2. The van der Waals surface area contributed by atoms with Gasteiger partial charge in [-0.3, -0.25) is 14.8 Å². The van der Waals surface area contributed by atoms with Crippen LogP contribution in [0.1, 0.15) is 31.7 Å². The summed E-state index contributed by atoms with van der Waals surface area (Å²) in [6.45, 7) is 4.06. The molecule has 0 unspecified atom stereocenters. The highest BCUT2D eigenvalue weighted by Gasteiger charge is 2.19. The summed E-state index contributed by atoms with van der Waals surface area (Å²) in [5.41, 5.74) is 0.134. The van der Waals surface area contributed by atoms with Gasteiger partial charge in [-0.15, -0.1) is 0 Å². The third-order valence-corrected chi connectivity index (χ3v) is 5.16. The van der Waals surface area contributed by atoms with Gasteiger partial charge in [-0.1, -0.05) is 26.0 Å². The van der Waals surface area contributed by atoms with Crippen LogP contribution in [0.15, 0.2) is 47.4 Å². The zero-order chi connectivity index (χ0) is 17.9. The Morgan fingerprint density at radius 1 is 1.21 bits per heavy atom. The molecule has 24 heavy (non-hydrogen) atoms. The van der Waals surface area contributed by atoms with Crippen LogP contribution >= 0.6 is 0 Å². The maximum Gasteiger partial charge on any atom is 0.271 e. The molecule has 2 rings (SSSR count). The Morgan fingerprint density at radius 3 is 2.38 bits per heavy atom. The lowest BCUT2D eigenvalue weighted by molar-refractivity contribution is -0.384. The fourth-order valence-corrected chi connectivity index (χ4v) is 3.18. The topological polar surface area (TPSA) is 89.3 Å². The van der Waals surface area contributed by atoms with Gasteiger partial charge in [0, 0.05) is 12.1 Å². The number of nitro groups is 1. The Bertz CT molecular complexity index is 851. The van der Waals surface area contributed by atoms with Crippen molar-refractivity contribution in [3.05, 3.63) is 64.0 Å². The quantitative estimate of drug-likeness (QED) is 0.627. The maximum absolute atomic E-state index is 13.7. The van der Waals surface area contributed by atoms with Gasteiger partial charge in [0.2, 0.25) is 0 Å². The molecule has 2 aromatic rings. The highest BCUT2D eigenvalue weighted by atomic mass is 32.2. The summed E-state index contributed by atoms with van der Waals surface area (Å²) < 4.78 is 40.5. The number of halogens is 1. The van der Waals surface area contributed by atoms with Crippen molar-refractivity contribution in [3.63, 3.8) is 0 Å². The van der Waals surface area contributed by atoms with Crippen LogP contribution in [0.2, 0.25) is 0 Å². The summed E-state index contributed by atoms with van der Waals surface area (Å²) in [4.78, 5) is 9.97. The van der Waals surface area contributed by atoms with E-state index in [0.29, 0.717) is 5.92 Å². The zero-order valence-corrected chi connectivity index (χ0v) is 14.0. The first-order valence-electron chi connectivity index (χ1n) is 7.31. The molecule has 0 spiro atoms. The Balaban J connectivity index is 2.32. The highest BCUT2D eigenvalue weighted by Crippen LogP contribution is 2.25. The minimum Gasteiger partial charge on any atom is -0.276 e. The summed E-state index contributed by atoms with van der Waals surface area (Å²) in [7, 11) is -4.04. The van der Waals surface area contributed by atoms with Gasteiger partial charge in [0.05, 0.1) is 15.5 Å². The molecule has 0 fully saturated rings. The molecule has 1 N–H and O–H groups in total. The largest absolute Gasteiger partial charge is 0.276 e. The Hall–Kier alpha value is -2.48. The van der Waals surface area contributed by atoms with Crippen LogP contribution < -0.4 is 4.72 Å². The third-order valence-electron chi connectivity index (χ3n) is 3.78. The number of hydrogen-bond donors (Lipinski definition) is 1. The monoisotopic (exact) mass is 352 g/mol. The van der Waals surface area contributed by atoms with Gasteiger partial charge in [0.1, 0.15) is 5.82 Å². The average molecular weight is 352 g/mol. The van der Waals surface area contributed by atoms with Gasteiger partial charge >= 0.3 is 0 Å². The van der Waals surface area contributed by atoms with Crippen LogP contribution in [0.5, 0.6) is 0 Å². The zero-order valence-electron chi connectivity index (χ0n) is 13.2. The standard InChI is InChI=1S/C16H17FN2O4S/c1-3-11(2)12-4-7-14(8-5-12)24(22,23)18-16-10-13(19(20)21)6-9-15(16)17/h4-11,18H,3H2,1-2H3/t11-/m0/s1. The van der Waals surface area contributed by atoms with E-state index in [4.69, 9.17) is 0 Å². The first-order valence-corrected chi connectivity index (χ1v) is 8.79. The van der Waals surface area contributed by atoms with Crippen molar-refractivity contribution in [2.24, 2.45) is 0 Å². The van der Waals surface area contributed by atoms with E-state index in [-0.39, 0.29) is 4.90 Å². The fourth-order valence-electron chi connectivity index (χ4n) is 2.12. The van der Waals surface area contributed by atoms with E-state index in [9.17, 15) is 22.9 Å². The summed E-state index contributed by atoms with van der Waals surface area (Å²) in [5, 5.41) is 10.7. The van der Waals surface area contributed by atoms with E-state index in [0.717, 1.165) is 30.2 Å².